The van der Waals surface area contributed by atoms with Crippen molar-refractivity contribution in [1.29, 1.82) is 0 Å². The molecule has 1 saturated heterocycles. The van der Waals surface area contributed by atoms with Gasteiger partial charge in [0.1, 0.15) is 0 Å². The monoisotopic (exact) mass is 401 g/mol. The fraction of sp³-hybridized carbons (Fsp3) is 0.364. The predicted molar refractivity (Wildman–Crippen MR) is 104 cm³/mol. The molecule has 0 atom stereocenters. The first-order chi connectivity index (χ1) is 13.9. The average Bonchev–Trinajstić information content (AvgIpc) is 3.13. The Labute approximate surface area is 167 Å². The van der Waals surface area contributed by atoms with Crippen LogP contribution in [0.25, 0.3) is 11.0 Å². The highest BCUT2D eigenvalue weighted by Crippen LogP contribution is 2.36. The standard InChI is InChI=1S/C22H22F3N3O/c23-22(24,25)21-26-18-8-4-5-9-19(18)28(21)17-12-14-27(15-13-17)20(29)11-10-16-6-2-1-3-7-16/h1-9,17H,10-15H2. The number of hydrogen-bond donors (Lipinski definition) is 0. The Morgan fingerprint density at radius 2 is 1.66 bits per heavy atom. The van der Waals surface area contributed by atoms with Crippen molar-refractivity contribution in [2.75, 3.05) is 13.1 Å². The second kappa shape index (κ2) is 7.89. The van der Waals surface area contributed by atoms with Crippen molar-refractivity contribution in [1.82, 2.24) is 14.5 Å². The fourth-order valence-electron chi connectivity index (χ4n) is 4.04. The summed E-state index contributed by atoms with van der Waals surface area (Å²) >= 11 is 0. The highest BCUT2D eigenvalue weighted by Gasteiger charge is 2.40. The van der Waals surface area contributed by atoms with E-state index in [-0.39, 0.29) is 11.9 Å². The molecule has 7 heteroatoms. The Morgan fingerprint density at radius 3 is 2.34 bits per heavy atom. The van der Waals surface area contributed by atoms with E-state index < -0.39 is 12.0 Å². The van der Waals surface area contributed by atoms with Gasteiger partial charge in [-0.2, -0.15) is 13.2 Å². The molecule has 152 valence electrons. The Balaban J connectivity index is 1.45. The molecule has 0 aliphatic carbocycles. The molecule has 29 heavy (non-hydrogen) atoms. The van der Waals surface area contributed by atoms with Crippen LogP contribution in [0.3, 0.4) is 0 Å². The molecule has 1 fully saturated rings. The first-order valence-corrected chi connectivity index (χ1v) is 9.79. The summed E-state index contributed by atoms with van der Waals surface area (Å²) in [6.07, 6.45) is -2.46. The maximum Gasteiger partial charge on any atom is 0.449 e. The summed E-state index contributed by atoms with van der Waals surface area (Å²) in [7, 11) is 0. The normalized spacial score (nSPS) is 15.8. The smallest absolute Gasteiger partial charge is 0.343 e. The zero-order valence-corrected chi connectivity index (χ0v) is 15.9. The number of fused-ring (bicyclic) bond motifs is 1. The van der Waals surface area contributed by atoms with Crippen molar-refractivity contribution in [2.45, 2.75) is 37.9 Å². The van der Waals surface area contributed by atoms with Crippen LogP contribution in [-0.2, 0) is 17.4 Å². The van der Waals surface area contributed by atoms with Crippen LogP contribution in [0.1, 0.15) is 36.7 Å². The molecule has 2 heterocycles. The summed E-state index contributed by atoms with van der Waals surface area (Å²) in [5.41, 5.74) is 1.95. The number of carbonyl (C=O) groups is 1. The number of nitrogens with zero attached hydrogens (tertiary/aromatic N) is 3. The number of amides is 1. The van der Waals surface area contributed by atoms with E-state index >= 15 is 0 Å². The van der Waals surface area contributed by atoms with E-state index in [0.717, 1.165) is 5.56 Å². The van der Waals surface area contributed by atoms with Crippen LogP contribution in [-0.4, -0.2) is 33.4 Å². The first kappa shape index (κ1) is 19.5. The van der Waals surface area contributed by atoms with Crippen LogP contribution in [0.5, 0.6) is 0 Å². The molecule has 1 aromatic heterocycles. The second-order valence-electron chi connectivity index (χ2n) is 7.39. The number of carbonyl (C=O) groups excluding carboxylic acids is 1. The van der Waals surface area contributed by atoms with Crippen LogP contribution in [0.2, 0.25) is 0 Å². The molecule has 1 aliphatic heterocycles. The third-order valence-electron chi connectivity index (χ3n) is 5.50. The van der Waals surface area contributed by atoms with E-state index in [1.54, 1.807) is 29.2 Å². The zero-order valence-electron chi connectivity index (χ0n) is 15.9. The summed E-state index contributed by atoms with van der Waals surface area (Å²) in [5, 5.41) is 0. The van der Waals surface area contributed by atoms with Gasteiger partial charge >= 0.3 is 6.18 Å². The van der Waals surface area contributed by atoms with Gasteiger partial charge in [-0.25, -0.2) is 4.98 Å². The van der Waals surface area contributed by atoms with Gasteiger partial charge in [-0.15, -0.1) is 0 Å². The molecular formula is C22H22F3N3O. The topological polar surface area (TPSA) is 38.1 Å². The Kier molecular flexibility index (Phi) is 5.30. The Hall–Kier alpha value is -2.83. The molecule has 0 N–H and O–H groups in total. The quantitative estimate of drug-likeness (QED) is 0.627. The van der Waals surface area contributed by atoms with Crippen LogP contribution in [0.15, 0.2) is 54.6 Å². The molecule has 4 nitrogen and oxygen atoms in total. The minimum absolute atomic E-state index is 0.0545. The summed E-state index contributed by atoms with van der Waals surface area (Å²) in [5.74, 6) is -0.800. The number of benzene rings is 2. The van der Waals surface area contributed by atoms with Gasteiger partial charge < -0.3 is 9.47 Å². The number of likely N-dealkylation sites (tertiary alicyclic amines) is 1. The molecule has 0 saturated carbocycles. The van der Waals surface area contributed by atoms with E-state index in [4.69, 9.17) is 0 Å². The molecule has 1 aliphatic rings. The van der Waals surface area contributed by atoms with Crippen LogP contribution < -0.4 is 0 Å². The SMILES string of the molecule is O=C(CCc1ccccc1)N1CCC(n2c(C(F)(F)F)nc3ccccc32)CC1. The van der Waals surface area contributed by atoms with E-state index in [0.29, 0.717) is 49.8 Å². The molecule has 4 rings (SSSR count). The number of rotatable bonds is 4. The number of imidazole rings is 1. The summed E-state index contributed by atoms with van der Waals surface area (Å²) < 4.78 is 42.0. The molecule has 0 radical (unpaired) electrons. The third kappa shape index (κ3) is 4.13. The third-order valence-corrected chi connectivity index (χ3v) is 5.50. The van der Waals surface area contributed by atoms with E-state index in [2.05, 4.69) is 4.98 Å². The van der Waals surface area contributed by atoms with Gasteiger partial charge in [0.05, 0.1) is 11.0 Å². The number of aryl methyl sites for hydroxylation is 1. The Morgan fingerprint density at radius 1 is 1.00 bits per heavy atom. The Bertz CT molecular complexity index is 989. The molecule has 0 unspecified atom stereocenters. The van der Waals surface area contributed by atoms with Crippen molar-refractivity contribution in [3.8, 4) is 0 Å². The van der Waals surface area contributed by atoms with Crippen molar-refractivity contribution >= 4 is 16.9 Å². The number of halogens is 3. The molecule has 3 aromatic rings. The molecule has 0 spiro atoms. The summed E-state index contributed by atoms with van der Waals surface area (Å²) in [6, 6.07) is 16.2. The van der Waals surface area contributed by atoms with Gasteiger partial charge in [0.25, 0.3) is 0 Å². The van der Waals surface area contributed by atoms with E-state index in [9.17, 15) is 18.0 Å². The highest BCUT2D eigenvalue weighted by atomic mass is 19.4. The molecular weight excluding hydrogens is 379 g/mol. The lowest BCUT2D eigenvalue weighted by atomic mass is 10.0. The maximum atomic E-state index is 13.6. The van der Waals surface area contributed by atoms with Crippen LogP contribution >= 0.6 is 0 Å². The lowest BCUT2D eigenvalue weighted by molar-refractivity contribution is -0.148. The van der Waals surface area contributed by atoms with Crippen LogP contribution in [0, 0.1) is 0 Å². The lowest BCUT2D eigenvalue weighted by Crippen LogP contribution is -2.39. The van der Waals surface area contributed by atoms with Crippen molar-refractivity contribution in [2.24, 2.45) is 0 Å². The van der Waals surface area contributed by atoms with Gasteiger partial charge in [0.2, 0.25) is 11.7 Å². The summed E-state index contributed by atoms with van der Waals surface area (Å²) in [4.78, 5) is 18.1. The maximum absolute atomic E-state index is 13.6. The fourth-order valence-corrected chi connectivity index (χ4v) is 4.04. The van der Waals surface area contributed by atoms with Gasteiger partial charge in [0.15, 0.2) is 0 Å². The number of hydrogen-bond acceptors (Lipinski definition) is 2. The predicted octanol–water partition coefficient (Wildman–Crippen LogP) is 4.85. The molecule has 0 bridgehead atoms. The minimum Gasteiger partial charge on any atom is -0.343 e. The summed E-state index contributed by atoms with van der Waals surface area (Å²) in [6.45, 7) is 0.921. The first-order valence-electron chi connectivity index (χ1n) is 9.79. The van der Waals surface area contributed by atoms with Crippen molar-refractivity contribution < 1.29 is 18.0 Å². The highest BCUT2D eigenvalue weighted by molar-refractivity contribution is 5.77. The number of aromatic nitrogens is 2. The molecule has 2 aromatic carbocycles. The zero-order chi connectivity index (χ0) is 20.4. The number of alkyl halides is 3. The second-order valence-corrected chi connectivity index (χ2v) is 7.39. The van der Waals surface area contributed by atoms with Crippen molar-refractivity contribution in [3.63, 3.8) is 0 Å². The van der Waals surface area contributed by atoms with Gasteiger partial charge in [0, 0.05) is 25.6 Å². The van der Waals surface area contributed by atoms with E-state index in [1.165, 1.54) is 4.57 Å². The van der Waals surface area contributed by atoms with Gasteiger partial charge in [-0.05, 0) is 37.0 Å². The van der Waals surface area contributed by atoms with Gasteiger partial charge in [-0.3, -0.25) is 4.79 Å². The van der Waals surface area contributed by atoms with Crippen molar-refractivity contribution in [3.05, 3.63) is 66.0 Å². The van der Waals surface area contributed by atoms with Crippen LogP contribution in [0.4, 0.5) is 13.2 Å². The molecule has 1 amide bonds. The number of para-hydroxylation sites is 2. The average molecular weight is 401 g/mol. The number of piperidine rings is 1. The lowest BCUT2D eigenvalue weighted by Gasteiger charge is -2.34. The van der Waals surface area contributed by atoms with E-state index in [1.807, 2.05) is 30.3 Å². The van der Waals surface area contributed by atoms with Gasteiger partial charge in [-0.1, -0.05) is 42.5 Å². The largest absolute Gasteiger partial charge is 0.449 e. The minimum atomic E-state index is -4.51.